The molecule has 7 heteroatoms. The molecular weight excluding hydrogens is 328 g/mol. The first-order valence-corrected chi connectivity index (χ1v) is 8.40. The van der Waals surface area contributed by atoms with E-state index in [2.05, 4.69) is 4.98 Å². The molecule has 0 unspecified atom stereocenters. The molecule has 0 fully saturated rings. The summed E-state index contributed by atoms with van der Waals surface area (Å²) >= 11 is 0.945. The van der Waals surface area contributed by atoms with Crippen molar-refractivity contribution < 1.29 is 19.4 Å². The summed E-state index contributed by atoms with van der Waals surface area (Å²) in [6.07, 6.45) is 0.309. The monoisotopic (exact) mass is 348 g/mol. The highest BCUT2D eigenvalue weighted by Gasteiger charge is 2.41. The topological polar surface area (TPSA) is 103 Å². The van der Waals surface area contributed by atoms with Crippen molar-refractivity contribution in [1.29, 1.82) is 0 Å². The number of aromatic nitrogens is 1. The van der Waals surface area contributed by atoms with Gasteiger partial charge in [-0.3, -0.25) is 0 Å². The Morgan fingerprint density at radius 2 is 2.00 bits per heavy atom. The number of nitrogens with two attached hydrogens (primary N) is 1. The van der Waals surface area contributed by atoms with Crippen LogP contribution in [0.3, 0.4) is 0 Å². The Balaban J connectivity index is 2.21. The second kappa shape index (κ2) is 7.55. The number of hydrogen-bond donors (Lipinski definition) is 2. The molecule has 0 amide bonds. The minimum absolute atomic E-state index is 0.0977. The summed E-state index contributed by atoms with van der Waals surface area (Å²) in [5.74, 6) is -1.65. The number of benzene rings is 1. The lowest BCUT2D eigenvalue weighted by molar-refractivity contribution is -0.153. The van der Waals surface area contributed by atoms with Gasteiger partial charge in [-0.2, -0.15) is 0 Å². The second-order valence-electron chi connectivity index (χ2n) is 5.97. The van der Waals surface area contributed by atoms with E-state index in [1.807, 2.05) is 44.2 Å². The van der Waals surface area contributed by atoms with E-state index in [1.165, 1.54) is 5.38 Å². The van der Waals surface area contributed by atoms with Crippen molar-refractivity contribution in [1.82, 2.24) is 4.98 Å². The largest absolute Gasteiger partial charge is 0.476 e. The van der Waals surface area contributed by atoms with Crippen LogP contribution in [0.4, 0.5) is 0 Å². The van der Waals surface area contributed by atoms with Gasteiger partial charge in [0.05, 0.1) is 5.69 Å². The van der Waals surface area contributed by atoms with Crippen molar-refractivity contribution in [3.63, 3.8) is 0 Å². The van der Waals surface area contributed by atoms with Gasteiger partial charge in [0.25, 0.3) is 0 Å². The summed E-state index contributed by atoms with van der Waals surface area (Å²) < 4.78 is 5.37. The zero-order valence-electron chi connectivity index (χ0n) is 13.6. The third kappa shape index (κ3) is 4.18. The molecule has 0 bridgehead atoms. The standard InChI is InChI=1S/C17H20N2O4S/c1-11(2)8-17(18,13-10-24-14(19-13)15(20)21)16(22)23-9-12-6-4-3-5-7-12/h3-7,10-11H,8-9,18H2,1-2H3,(H,20,21)/t17-/m0/s1. The summed E-state index contributed by atoms with van der Waals surface area (Å²) in [4.78, 5) is 27.7. The van der Waals surface area contributed by atoms with Crippen LogP contribution in [-0.4, -0.2) is 22.0 Å². The van der Waals surface area contributed by atoms with Crippen molar-refractivity contribution >= 4 is 23.3 Å². The Bertz CT molecular complexity index is 714. The van der Waals surface area contributed by atoms with Crippen molar-refractivity contribution in [3.05, 3.63) is 52.0 Å². The summed E-state index contributed by atoms with van der Waals surface area (Å²) in [6.45, 7) is 3.96. The molecule has 0 saturated heterocycles. The number of esters is 1. The van der Waals surface area contributed by atoms with Gasteiger partial charge in [0, 0.05) is 5.38 Å². The summed E-state index contributed by atoms with van der Waals surface area (Å²) in [7, 11) is 0. The molecular formula is C17H20N2O4S. The average molecular weight is 348 g/mol. The lowest BCUT2D eigenvalue weighted by Gasteiger charge is -2.27. The summed E-state index contributed by atoms with van der Waals surface area (Å²) in [6, 6.07) is 9.28. The van der Waals surface area contributed by atoms with Gasteiger partial charge in [0.1, 0.15) is 6.61 Å². The van der Waals surface area contributed by atoms with Crippen LogP contribution in [0.1, 0.15) is 41.3 Å². The molecule has 2 rings (SSSR count). The normalized spacial score (nSPS) is 13.5. The van der Waals surface area contributed by atoms with Gasteiger partial charge in [-0.05, 0) is 17.9 Å². The van der Waals surface area contributed by atoms with Crippen molar-refractivity contribution in [2.45, 2.75) is 32.4 Å². The first-order chi connectivity index (χ1) is 11.3. The van der Waals surface area contributed by atoms with E-state index in [1.54, 1.807) is 0 Å². The smallest absolute Gasteiger partial charge is 0.365 e. The molecule has 1 atom stereocenters. The van der Waals surface area contributed by atoms with Crippen LogP contribution >= 0.6 is 11.3 Å². The van der Waals surface area contributed by atoms with E-state index in [9.17, 15) is 9.59 Å². The van der Waals surface area contributed by atoms with Gasteiger partial charge < -0.3 is 15.6 Å². The average Bonchev–Trinajstić information content (AvgIpc) is 3.03. The van der Waals surface area contributed by atoms with Crippen LogP contribution in [0, 0.1) is 5.92 Å². The third-order valence-electron chi connectivity index (χ3n) is 3.45. The molecule has 0 spiro atoms. The number of carboxylic acids is 1. The number of nitrogens with zero attached hydrogens (tertiary/aromatic N) is 1. The Labute approximate surface area is 144 Å². The fourth-order valence-electron chi connectivity index (χ4n) is 2.37. The number of carbonyl (C=O) groups excluding carboxylic acids is 1. The van der Waals surface area contributed by atoms with Gasteiger partial charge in [-0.15, -0.1) is 11.3 Å². The zero-order chi connectivity index (χ0) is 17.7. The SMILES string of the molecule is CC(C)C[C@@](N)(C(=O)OCc1ccccc1)c1csc(C(=O)O)n1. The van der Waals surface area contributed by atoms with Crippen LogP contribution in [-0.2, 0) is 21.7 Å². The second-order valence-corrected chi connectivity index (χ2v) is 6.83. The predicted molar refractivity (Wildman–Crippen MR) is 90.6 cm³/mol. The number of carbonyl (C=O) groups is 2. The lowest BCUT2D eigenvalue weighted by atomic mass is 9.87. The number of rotatable bonds is 7. The highest BCUT2D eigenvalue weighted by Crippen LogP contribution is 2.29. The number of aromatic carboxylic acids is 1. The van der Waals surface area contributed by atoms with Gasteiger partial charge in [-0.1, -0.05) is 44.2 Å². The summed E-state index contributed by atoms with van der Waals surface area (Å²) in [5, 5.41) is 10.4. The van der Waals surface area contributed by atoms with E-state index in [0.717, 1.165) is 16.9 Å². The molecule has 0 aliphatic carbocycles. The van der Waals surface area contributed by atoms with E-state index in [4.69, 9.17) is 15.6 Å². The fourth-order valence-corrected chi connectivity index (χ4v) is 3.10. The maximum atomic E-state index is 12.6. The quantitative estimate of drug-likeness (QED) is 0.746. The minimum atomic E-state index is -1.47. The number of carboxylic acid groups (broad SMARTS) is 1. The number of ether oxygens (including phenoxy) is 1. The molecule has 2 aromatic rings. The molecule has 128 valence electrons. The zero-order valence-corrected chi connectivity index (χ0v) is 14.4. The van der Waals surface area contributed by atoms with Crippen molar-refractivity contribution in [2.75, 3.05) is 0 Å². The predicted octanol–water partition coefficient (Wildman–Crippen LogP) is 2.78. The minimum Gasteiger partial charge on any atom is -0.476 e. The van der Waals surface area contributed by atoms with Crippen molar-refractivity contribution in [3.8, 4) is 0 Å². The fraction of sp³-hybridized carbons (Fsp3) is 0.353. The van der Waals surface area contributed by atoms with E-state index in [0.29, 0.717) is 6.42 Å². The molecule has 0 saturated carbocycles. The molecule has 6 nitrogen and oxygen atoms in total. The maximum absolute atomic E-state index is 12.6. The van der Waals surface area contributed by atoms with Crippen LogP contribution in [0.15, 0.2) is 35.7 Å². The Morgan fingerprint density at radius 1 is 1.33 bits per heavy atom. The molecule has 1 heterocycles. The molecule has 1 aromatic heterocycles. The Kier molecular flexibility index (Phi) is 5.69. The molecule has 0 radical (unpaired) electrons. The Morgan fingerprint density at radius 3 is 2.54 bits per heavy atom. The van der Waals surface area contributed by atoms with E-state index >= 15 is 0 Å². The van der Waals surface area contributed by atoms with Crippen LogP contribution in [0.5, 0.6) is 0 Å². The van der Waals surface area contributed by atoms with Crippen LogP contribution < -0.4 is 5.73 Å². The molecule has 0 aliphatic rings. The first-order valence-electron chi connectivity index (χ1n) is 7.52. The van der Waals surface area contributed by atoms with Gasteiger partial charge >= 0.3 is 11.9 Å². The maximum Gasteiger partial charge on any atom is 0.365 e. The molecule has 3 N–H and O–H groups in total. The number of thiazole rings is 1. The number of hydrogen-bond acceptors (Lipinski definition) is 6. The molecule has 24 heavy (non-hydrogen) atoms. The molecule has 0 aliphatic heterocycles. The van der Waals surface area contributed by atoms with Crippen LogP contribution in [0.2, 0.25) is 0 Å². The van der Waals surface area contributed by atoms with Crippen LogP contribution in [0.25, 0.3) is 0 Å². The lowest BCUT2D eigenvalue weighted by Crippen LogP contribution is -2.47. The van der Waals surface area contributed by atoms with Gasteiger partial charge in [0.15, 0.2) is 5.54 Å². The summed E-state index contributed by atoms with van der Waals surface area (Å²) in [5.41, 5.74) is 5.94. The Hall–Kier alpha value is -2.25. The highest BCUT2D eigenvalue weighted by molar-refractivity contribution is 7.11. The van der Waals surface area contributed by atoms with E-state index < -0.39 is 17.5 Å². The van der Waals surface area contributed by atoms with Crippen molar-refractivity contribution in [2.24, 2.45) is 11.7 Å². The third-order valence-corrected chi connectivity index (χ3v) is 4.28. The first kappa shape index (κ1) is 18.1. The van der Waals surface area contributed by atoms with E-state index in [-0.39, 0.29) is 23.2 Å². The van der Waals surface area contributed by atoms with Gasteiger partial charge in [-0.25, -0.2) is 14.6 Å². The van der Waals surface area contributed by atoms with Gasteiger partial charge in [0.2, 0.25) is 5.01 Å². The molecule has 1 aromatic carbocycles. The highest BCUT2D eigenvalue weighted by atomic mass is 32.1.